The predicted molar refractivity (Wildman–Crippen MR) is 90.7 cm³/mol. The van der Waals surface area contributed by atoms with Crippen LogP contribution in [0.1, 0.15) is 22.9 Å². The second-order valence-electron chi connectivity index (χ2n) is 5.30. The van der Waals surface area contributed by atoms with Crippen LogP contribution in [0.4, 0.5) is 0 Å². The second kappa shape index (κ2) is 6.34. The zero-order chi connectivity index (χ0) is 15.5. The van der Waals surface area contributed by atoms with Gasteiger partial charge >= 0.3 is 0 Å². The summed E-state index contributed by atoms with van der Waals surface area (Å²) >= 11 is 5.99. The number of nitrogens with zero attached hydrogens (tertiary/aromatic N) is 2. The average molecular weight is 312 g/mol. The number of rotatable bonds is 4. The molecule has 2 aromatic carbocycles. The Labute approximate surface area is 135 Å². The monoisotopic (exact) mass is 311 g/mol. The molecule has 0 saturated carbocycles. The number of para-hydroxylation sites is 1. The molecule has 1 unspecified atom stereocenters. The summed E-state index contributed by atoms with van der Waals surface area (Å²) in [5.41, 5.74) is 10.3. The first kappa shape index (κ1) is 14.8. The molecule has 0 spiro atoms. The van der Waals surface area contributed by atoms with Crippen molar-refractivity contribution in [2.24, 2.45) is 5.73 Å². The van der Waals surface area contributed by atoms with E-state index < -0.39 is 0 Å². The summed E-state index contributed by atoms with van der Waals surface area (Å²) in [4.78, 5) is 0. The molecule has 0 amide bonds. The molecular formula is C18H18ClN3. The van der Waals surface area contributed by atoms with Crippen LogP contribution in [0.3, 0.4) is 0 Å². The van der Waals surface area contributed by atoms with Crippen LogP contribution in [-0.4, -0.2) is 16.3 Å². The van der Waals surface area contributed by atoms with E-state index in [9.17, 15) is 0 Å². The molecule has 1 aromatic heterocycles. The molecular weight excluding hydrogens is 294 g/mol. The van der Waals surface area contributed by atoms with Crippen LogP contribution >= 0.6 is 11.6 Å². The number of hydrogen-bond donors (Lipinski definition) is 1. The van der Waals surface area contributed by atoms with Gasteiger partial charge < -0.3 is 5.73 Å². The zero-order valence-corrected chi connectivity index (χ0v) is 13.2. The Bertz CT molecular complexity index is 748. The van der Waals surface area contributed by atoms with Gasteiger partial charge in [-0.15, -0.1) is 0 Å². The van der Waals surface area contributed by atoms with Crippen LogP contribution in [0.2, 0.25) is 5.02 Å². The summed E-state index contributed by atoms with van der Waals surface area (Å²) < 4.78 is 1.97. The van der Waals surface area contributed by atoms with Crippen molar-refractivity contribution in [2.45, 2.75) is 12.8 Å². The van der Waals surface area contributed by atoms with Gasteiger partial charge in [0.25, 0.3) is 0 Å². The molecule has 3 rings (SSSR count). The van der Waals surface area contributed by atoms with Crippen molar-refractivity contribution < 1.29 is 0 Å². The number of aromatic nitrogens is 2. The normalized spacial score (nSPS) is 12.3. The minimum atomic E-state index is 0.0821. The third-order valence-electron chi connectivity index (χ3n) is 3.72. The van der Waals surface area contributed by atoms with E-state index in [-0.39, 0.29) is 5.92 Å². The van der Waals surface area contributed by atoms with Gasteiger partial charge in [0.1, 0.15) is 0 Å². The van der Waals surface area contributed by atoms with Crippen LogP contribution < -0.4 is 5.73 Å². The fourth-order valence-corrected chi connectivity index (χ4v) is 2.79. The van der Waals surface area contributed by atoms with Crippen molar-refractivity contribution in [3.8, 4) is 5.69 Å². The van der Waals surface area contributed by atoms with Gasteiger partial charge in [0.15, 0.2) is 0 Å². The molecule has 0 saturated heterocycles. The van der Waals surface area contributed by atoms with E-state index in [1.807, 2.05) is 66.2 Å². The predicted octanol–water partition coefficient (Wildman–Crippen LogP) is 3.92. The van der Waals surface area contributed by atoms with Crippen LogP contribution in [0, 0.1) is 6.92 Å². The van der Waals surface area contributed by atoms with E-state index in [0.29, 0.717) is 6.54 Å². The highest BCUT2D eigenvalue weighted by molar-refractivity contribution is 6.30. The van der Waals surface area contributed by atoms with Crippen LogP contribution in [0.25, 0.3) is 5.69 Å². The van der Waals surface area contributed by atoms with Gasteiger partial charge in [0.2, 0.25) is 0 Å². The number of hydrogen-bond acceptors (Lipinski definition) is 2. The first-order valence-corrected chi connectivity index (χ1v) is 7.64. The highest BCUT2D eigenvalue weighted by Crippen LogP contribution is 2.27. The lowest BCUT2D eigenvalue weighted by Crippen LogP contribution is -2.17. The van der Waals surface area contributed by atoms with Gasteiger partial charge in [-0.1, -0.05) is 41.9 Å². The Hall–Kier alpha value is -2.10. The Morgan fingerprint density at radius 2 is 1.77 bits per heavy atom. The topological polar surface area (TPSA) is 43.8 Å². The fraction of sp³-hybridized carbons (Fsp3) is 0.167. The average Bonchev–Trinajstić information content (AvgIpc) is 2.92. The summed E-state index contributed by atoms with van der Waals surface area (Å²) in [6.07, 6.45) is 0. The minimum absolute atomic E-state index is 0.0821. The lowest BCUT2D eigenvalue weighted by Gasteiger charge is -2.17. The highest BCUT2D eigenvalue weighted by Gasteiger charge is 2.19. The molecule has 22 heavy (non-hydrogen) atoms. The number of benzene rings is 2. The SMILES string of the molecule is Cc1cc(C(CN)c2ccc(Cl)cc2)n(-c2ccccc2)n1. The lowest BCUT2D eigenvalue weighted by molar-refractivity contribution is 0.718. The molecule has 0 bridgehead atoms. The van der Waals surface area contributed by atoms with Crippen LogP contribution in [0.15, 0.2) is 60.7 Å². The van der Waals surface area contributed by atoms with Gasteiger partial charge in [0.05, 0.1) is 17.1 Å². The molecule has 0 aliphatic carbocycles. The largest absolute Gasteiger partial charge is 0.329 e. The highest BCUT2D eigenvalue weighted by atomic mass is 35.5. The summed E-state index contributed by atoms with van der Waals surface area (Å²) in [7, 11) is 0. The summed E-state index contributed by atoms with van der Waals surface area (Å²) in [6.45, 7) is 2.51. The number of aryl methyl sites for hydroxylation is 1. The maximum atomic E-state index is 6.06. The summed E-state index contributed by atoms with van der Waals surface area (Å²) in [5.74, 6) is 0.0821. The smallest absolute Gasteiger partial charge is 0.0649 e. The first-order chi connectivity index (χ1) is 10.7. The van der Waals surface area contributed by atoms with Gasteiger partial charge in [-0.3, -0.25) is 0 Å². The zero-order valence-electron chi connectivity index (χ0n) is 12.4. The molecule has 1 atom stereocenters. The van der Waals surface area contributed by atoms with Crippen molar-refractivity contribution >= 4 is 11.6 Å². The van der Waals surface area contributed by atoms with Crippen molar-refractivity contribution in [1.29, 1.82) is 0 Å². The molecule has 3 aromatic rings. The molecule has 3 nitrogen and oxygen atoms in total. The second-order valence-corrected chi connectivity index (χ2v) is 5.73. The maximum Gasteiger partial charge on any atom is 0.0649 e. The molecule has 0 aliphatic rings. The Morgan fingerprint density at radius 3 is 2.41 bits per heavy atom. The summed E-state index contributed by atoms with van der Waals surface area (Å²) in [5, 5.41) is 5.36. The molecule has 112 valence electrons. The molecule has 0 radical (unpaired) electrons. The Morgan fingerprint density at radius 1 is 1.09 bits per heavy atom. The molecule has 1 heterocycles. The van der Waals surface area contributed by atoms with E-state index in [0.717, 1.165) is 27.7 Å². The fourth-order valence-electron chi connectivity index (χ4n) is 2.67. The van der Waals surface area contributed by atoms with E-state index in [1.165, 1.54) is 0 Å². The Balaban J connectivity index is 2.08. The van der Waals surface area contributed by atoms with Crippen LogP contribution in [0.5, 0.6) is 0 Å². The Kier molecular flexibility index (Phi) is 4.27. The van der Waals surface area contributed by atoms with Gasteiger partial charge in [-0.25, -0.2) is 4.68 Å². The minimum Gasteiger partial charge on any atom is -0.329 e. The first-order valence-electron chi connectivity index (χ1n) is 7.26. The van der Waals surface area contributed by atoms with Crippen molar-refractivity contribution in [3.05, 3.63) is 82.6 Å². The van der Waals surface area contributed by atoms with Crippen LogP contribution in [-0.2, 0) is 0 Å². The molecule has 0 aliphatic heterocycles. The third-order valence-corrected chi connectivity index (χ3v) is 3.98. The number of nitrogens with two attached hydrogens (primary N) is 1. The van der Waals surface area contributed by atoms with E-state index in [1.54, 1.807) is 0 Å². The maximum absolute atomic E-state index is 6.06. The number of halogens is 1. The molecule has 4 heteroatoms. The van der Waals surface area contributed by atoms with Gasteiger partial charge in [-0.2, -0.15) is 5.10 Å². The van der Waals surface area contributed by atoms with Crippen molar-refractivity contribution in [2.75, 3.05) is 6.54 Å². The molecule has 0 fully saturated rings. The van der Waals surface area contributed by atoms with Gasteiger partial charge in [-0.05, 0) is 42.8 Å². The standard InChI is InChI=1S/C18H18ClN3/c1-13-11-18(22(21-13)16-5-3-2-4-6-16)17(12-20)14-7-9-15(19)10-8-14/h2-11,17H,12,20H2,1H3. The van der Waals surface area contributed by atoms with E-state index in [4.69, 9.17) is 17.3 Å². The summed E-state index contributed by atoms with van der Waals surface area (Å²) in [6, 6.07) is 20.1. The van der Waals surface area contributed by atoms with E-state index in [2.05, 4.69) is 11.2 Å². The molecule has 2 N–H and O–H groups in total. The van der Waals surface area contributed by atoms with E-state index >= 15 is 0 Å². The third kappa shape index (κ3) is 2.91. The van der Waals surface area contributed by atoms with Crippen molar-refractivity contribution in [3.63, 3.8) is 0 Å². The van der Waals surface area contributed by atoms with Gasteiger partial charge in [0, 0.05) is 17.5 Å². The van der Waals surface area contributed by atoms with Crippen molar-refractivity contribution in [1.82, 2.24) is 9.78 Å². The lowest BCUT2D eigenvalue weighted by atomic mass is 9.95. The quantitative estimate of drug-likeness (QED) is 0.793.